The molecule has 1 amide bonds. The second kappa shape index (κ2) is 8.16. The molecule has 4 rings (SSSR count). The molecule has 0 bridgehead atoms. The van der Waals surface area contributed by atoms with Gasteiger partial charge in [-0.1, -0.05) is 48.0 Å². The third-order valence-corrected chi connectivity index (χ3v) is 5.37. The fourth-order valence-electron chi connectivity index (χ4n) is 3.61. The Kier molecular flexibility index (Phi) is 5.40. The van der Waals surface area contributed by atoms with Gasteiger partial charge in [0.2, 0.25) is 0 Å². The van der Waals surface area contributed by atoms with Crippen LogP contribution in [0.1, 0.15) is 33.1 Å². The summed E-state index contributed by atoms with van der Waals surface area (Å²) < 4.78 is 5.39. The topological polar surface area (TPSA) is 99.8 Å². The van der Waals surface area contributed by atoms with Crippen molar-refractivity contribution in [2.24, 2.45) is 0 Å². The standard InChI is InChI=1S/C24H18ClNO5/c1-13-11-19(29)31-23-20(13)17(27)12-18(28)21(23)22(15-9-5-6-10-16(15)25)26-24(30)14-7-3-2-4-8-14/h2-12,22,27-28H,1H3,(H,26,30). The van der Waals surface area contributed by atoms with Crippen molar-refractivity contribution >= 4 is 28.5 Å². The zero-order valence-corrected chi connectivity index (χ0v) is 17.2. The minimum atomic E-state index is -0.963. The Bertz CT molecular complexity index is 1350. The molecule has 0 saturated heterocycles. The molecular weight excluding hydrogens is 418 g/mol. The molecule has 0 saturated carbocycles. The van der Waals surface area contributed by atoms with Gasteiger partial charge in [-0.25, -0.2) is 4.79 Å². The summed E-state index contributed by atoms with van der Waals surface area (Å²) in [6, 6.07) is 16.8. The zero-order valence-electron chi connectivity index (χ0n) is 16.4. The molecule has 1 aromatic heterocycles. The van der Waals surface area contributed by atoms with E-state index in [1.807, 2.05) is 0 Å². The molecule has 3 aromatic carbocycles. The van der Waals surface area contributed by atoms with Crippen LogP contribution in [-0.4, -0.2) is 16.1 Å². The van der Waals surface area contributed by atoms with Crippen LogP contribution in [-0.2, 0) is 0 Å². The van der Waals surface area contributed by atoms with Crippen LogP contribution in [0.25, 0.3) is 11.0 Å². The number of carbonyl (C=O) groups is 1. The second-order valence-electron chi connectivity index (χ2n) is 7.08. The van der Waals surface area contributed by atoms with Crippen LogP contribution in [0, 0.1) is 6.92 Å². The fourth-order valence-corrected chi connectivity index (χ4v) is 3.86. The number of phenolic OH excluding ortho intramolecular Hbond substituents is 2. The molecule has 31 heavy (non-hydrogen) atoms. The maximum atomic E-state index is 13.0. The van der Waals surface area contributed by atoms with Crippen molar-refractivity contribution < 1.29 is 19.4 Å². The highest BCUT2D eigenvalue weighted by Crippen LogP contribution is 2.42. The van der Waals surface area contributed by atoms with Crippen LogP contribution in [0.15, 0.2) is 75.9 Å². The number of benzene rings is 3. The molecular formula is C24H18ClNO5. The Balaban J connectivity index is 1.99. The van der Waals surface area contributed by atoms with E-state index in [1.54, 1.807) is 61.5 Å². The van der Waals surface area contributed by atoms with Gasteiger partial charge in [0.25, 0.3) is 5.91 Å². The number of aryl methyl sites for hydroxylation is 1. The Hall–Kier alpha value is -3.77. The number of hydrogen-bond donors (Lipinski definition) is 3. The smallest absolute Gasteiger partial charge is 0.336 e. The number of fused-ring (bicyclic) bond motifs is 1. The average molecular weight is 436 g/mol. The second-order valence-corrected chi connectivity index (χ2v) is 7.48. The van der Waals surface area contributed by atoms with E-state index in [0.29, 0.717) is 21.7 Å². The van der Waals surface area contributed by atoms with Gasteiger partial charge in [-0.3, -0.25) is 4.79 Å². The predicted molar refractivity (Wildman–Crippen MR) is 118 cm³/mol. The fraction of sp³-hybridized carbons (Fsp3) is 0.0833. The van der Waals surface area contributed by atoms with E-state index in [2.05, 4.69) is 5.32 Å². The number of halogens is 1. The van der Waals surface area contributed by atoms with Crippen LogP contribution in [0.3, 0.4) is 0 Å². The number of amides is 1. The van der Waals surface area contributed by atoms with Crippen molar-refractivity contribution in [3.05, 3.63) is 104 Å². The zero-order chi connectivity index (χ0) is 22.1. The van der Waals surface area contributed by atoms with Gasteiger partial charge in [-0.15, -0.1) is 0 Å². The molecule has 0 aliphatic heterocycles. The first-order chi connectivity index (χ1) is 14.9. The Morgan fingerprint density at radius 1 is 1.00 bits per heavy atom. The van der Waals surface area contributed by atoms with Gasteiger partial charge in [-0.05, 0) is 36.2 Å². The molecule has 1 heterocycles. The molecule has 1 atom stereocenters. The van der Waals surface area contributed by atoms with E-state index in [4.69, 9.17) is 16.0 Å². The predicted octanol–water partition coefficient (Wildman–Crippen LogP) is 4.69. The normalized spacial score (nSPS) is 11.9. The minimum Gasteiger partial charge on any atom is -0.507 e. The van der Waals surface area contributed by atoms with E-state index >= 15 is 0 Å². The molecule has 0 spiro atoms. The SMILES string of the molecule is Cc1cc(=O)oc2c(C(NC(=O)c3ccccc3)c3ccccc3Cl)c(O)cc(O)c12. The van der Waals surface area contributed by atoms with Gasteiger partial charge in [0.05, 0.1) is 17.0 Å². The lowest BCUT2D eigenvalue weighted by Crippen LogP contribution is -2.30. The lowest BCUT2D eigenvalue weighted by molar-refractivity contribution is 0.0943. The molecule has 0 radical (unpaired) electrons. The summed E-state index contributed by atoms with van der Waals surface area (Å²) in [5.41, 5.74) is 0.798. The maximum Gasteiger partial charge on any atom is 0.336 e. The van der Waals surface area contributed by atoms with Crippen molar-refractivity contribution in [1.29, 1.82) is 0 Å². The van der Waals surface area contributed by atoms with Crippen molar-refractivity contribution in [1.82, 2.24) is 5.32 Å². The molecule has 1 unspecified atom stereocenters. The highest BCUT2D eigenvalue weighted by molar-refractivity contribution is 6.31. The van der Waals surface area contributed by atoms with Gasteiger partial charge in [-0.2, -0.15) is 0 Å². The first-order valence-electron chi connectivity index (χ1n) is 9.46. The summed E-state index contributed by atoms with van der Waals surface area (Å²) in [4.78, 5) is 25.1. The summed E-state index contributed by atoms with van der Waals surface area (Å²) in [5, 5.41) is 24.6. The average Bonchev–Trinajstić information content (AvgIpc) is 2.73. The van der Waals surface area contributed by atoms with Gasteiger partial charge < -0.3 is 19.9 Å². The molecule has 3 N–H and O–H groups in total. The Morgan fingerprint density at radius 3 is 2.39 bits per heavy atom. The molecule has 156 valence electrons. The van der Waals surface area contributed by atoms with E-state index < -0.39 is 17.6 Å². The van der Waals surface area contributed by atoms with Crippen LogP contribution in [0.4, 0.5) is 0 Å². The third-order valence-electron chi connectivity index (χ3n) is 5.02. The minimum absolute atomic E-state index is 0.0271. The van der Waals surface area contributed by atoms with Crippen molar-refractivity contribution in [3.63, 3.8) is 0 Å². The Morgan fingerprint density at radius 2 is 1.68 bits per heavy atom. The molecule has 4 aromatic rings. The molecule has 6 nitrogen and oxygen atoms in total. The van der Waals surface area contributed by atoms with Gasteiger partial charge in [0.15, 0.2) is 5.58 Å². The summed E-state index contributed by atoms with van der Waals surface area (Å²) in [6.07, 6.45) is 0. The Labute approximate surface area is 182 Å². The third kappa shape index (κ3) is 3.85. The molecule has 0 aliphatic rings. The van der Waals surface area contributed by atoms with E-state index in [-0.39, 0.29) is 28.0 Å². The van der Waals surface area contributed by atoms with Gasteiger partial charge >= 0.3 is 5.63 Å². The van der Waals surface area contributed by atoms with Crippen molar-refractivity contribution in [2.45, 2.75) is 13.0 Å². The number of carbonyl (C=O) groups excluding carboxylic acids is 1. The van der Waals surface area contributed by atoms with Crippen LogP contribution in [0.5, 0.6) is 11.5 Å². The van der Waals surface area contributed by atoms with E-state index in [9.17, 15) is 19.8 Å². The monoisotopic (exact) mass is 435 g/mol. The van der Waals surface area contributed by atoms with Gasteiger partial charge in [0.1, 0.15) is 11.5 Å². The molecule has 0 aliphatic carbocycles. The molecule has 0 fully saturated rings. The quantitative estimate of drug-likeness (QED) is 0.404. The maximum absolute atomic E-state index is 13.0. The lowest BCUT2D eigenvalue weighted by atomic mass is 9.94. The highest BCUT2D eigenvalue weighted by atomic mass is 35.5. The van der Waals surface area contributed by atoms with Crippen LogP contribution >= 0.6 is 11.6 Å². The number of hydrogen-bond acceptors (Lipinski definition) is 5. The van der Waals surface area contributed by atoms with Gasteiger partial charge in [0, 0.05) is 22.7 Å². The van der Waals surface area contributed by atoms with Crippen LogP contribution < -0.4 is 10.9 Å². The first kappa shape index (κ1) is 20.5. The molecule has 7 heteroatoms. The van der Waals surface area contributed by atoms with Crippen molar-refractivity contribution in [3.8, 4) is 11.5 Å². The van der Waals surface area contributed by atoms with Crippen molar-refractivity contribution in [2.75, 3.05) is 0 Å². The summed E-state index contributed by atoms with van der Waals surface area (Å²) in [7, 11) is 0. The summed E-state index contributed by atoms with van der Waals surface area (Å²) in [6.45, 7) is 1.65. The number of nitrogens with one attached hydrogen (secondary N) is 1. The number of phenols is 2. The van der Waals surface area contributed by atoms with E-state index in [0.717, 1.165) is 6.07 Å². The summed E-state index contributed by atoms with van der Waals surface area (Å²) in [5.74, 6) is -1.01. The first-order valence-corrected chi connectivity index (χ1v) is 9.84. The largest absolute Gasteiger partial charge is 0.507 e. The number of aromatic hydroxyl groups is 2. The van der Waals surface area contributed by atoms with Crippen LogP contribution in [0.2, 0.25) is 5.02 Å². The summed E-state index contributed by atoms with van der Waals surface area (Å²) >= 11 is 6.42. The number of rotatable bonds is 4. The highest BCUT2D eigenvalue weighted by Gasteiger charge is 2.28. The van der Waals surface area contributed by atoms with E-state index in [1.165, 1.54) is 6.07 Å². The lowest BCUT2D eigenvalue weighted by Gasteiger charge is -2.23.